The second-order valence-corrected chi connectivity index (χ2v) is 8.91. The Morgan fingerprint density at radius 1 is 0.828 bits per heavy atom. The molecule has 3 rings (SSSR count). The first-order valence-corrected chi connectivity index (χ1v) is 11.0. The third-order valence-electron chi connectivity index (χ3n) is 4.93. The number of hydrogen-bond acceptors (Lipinski definition) is 4. The Morgan fingerprint density at radius 2 is 1.38 bits per heavy atom. The van der Waals surface area contributed by atoms with Crippen LogP contribution in [0.1, 0.15) is 52.0 Å². The van der Waals surface area contributed by atoms with Gasteiger partial charge in [-0.3, -0.25) is 4.79 Å². The smallest absolute Gasteiger partial charge is 0.335 e. The third-order valence-corrected chi connectivity index (χ3v) is 6.84. The minimum atomic E-state index is -3.54. The van der Waals surface area contributed by atoms with E-state index < -0.39 is 16.0 Å². The summed E-state index contributed by atoms with van der Waals surface area (Å²) < 4.78 is 27.1. The molecule has 152 valence electrons. The molecule has 0 bridgehead atoms. The molecule has 0 aromatic heterocycles. The van der Waals surface area contributed by atoms with Gasteiger partial charge in [0.1, 0.15) is 0 Å². The second kappa shape index (κ2) is 9.15. The van der Waals surface area contributed by atoms with Gasteiger partial charge in [0.15, 0.2) is 5.78 Å². The average Bonchev–Trinajstić information content (AvgIpc) is 3.02. The molecule has 2 aromatic carbocycles. The molecule has 1 heterocycles. The highest BCUT2D eigenvalue weighted by atomic mass is 32.2. The van der Waals surface area contributed by atoms with Crippen molar-refractivity contribution in [3.8, 4) is 0 Å². The summed E-state index contributed by atoms with van der Waals surface area (Å²) in [6.07, 6.45) is 6.81. The summed E-state index contributed by atoms with van der Waals surface area (Å²) in [6.45, 7) is 1.07. The first-order chi connectivity index (χ1) is 13.9. The summed E-state index contributed by atoms with van der Waals surface area (Å²) in [4.78, 5) is 23.4. The largest absolute Gasteiger partial charge is 0.478 e. The van der Waals surface area contributed by atoms with Gasteiger partial charge in [0, 0.05) is 18.7 Å². The number of benzene rings is 2. The summed E-state index contributed by atoms with van der Waals surface area (Å²) in [6, 6.07) is 12.2. The van der Waals surface area contributed by atoms with E-state index >= 15 is 0 Å². The van der Waals surface area contributed by atoms with E-state index in [1.54, 1.807) is 18.2 Å². The van der Waals surface area contributed by atoms with Crippen LogP contribution < -0.4 is 0 Å². The van der Waals surface area contributed by atoms with Crippen LogP contribution in [0.3, 0.4) is 0 Å². The van der Waals surface area contributed by atoms with E-state index in [0.29, 0.717) is 24.2 Å². The van der Waals surface area contributed by atoms with Crippen LogP contribution in [0.25, 0.3) is 6.08 Å². The van der Waals surface area contributed by atoms with E-state index in [1.165, 1.54) is 46.8 Å². The third kappa shape index (κ3) is 5.19. The lowest BCUT2D eigenvalue weighted by Gasteiger charge is -2.19. The summed E-state index contributed by atoms with van der Waals surface area (Å²) in [5.74, 6) is -1.27. The van der Waals surface area contributed by atoms with Crippen LogP contribution in [-0.4, -0.2) is 42.7 Å². The van der Waals surface area contributed by atoms with Crippen molar-refractivity contribution in [2.45, 2.75) is 30.6 Å². The number of rotatable bonds is 6. The number of ketones is 1. The Kier molecular flexibility index (Phi) is 6.61. The normalized spacial score (nSPS) is 15.9. The fourth-order valence-corrected chi connectivity index (χ4v) is 4.74. The van der Waals surface area contributed by atoms with Crippen molar-refractivity contribution in [3.63, 3.8) is 0 Å². The highest BCUT2D eigenvalue weighted by molar-refractivity contribution is 7.89. The molecular weight excluding hydrogens is 390 g/mol. The van der Waals surface area contributed by atoms with Crippen LogP contribution in [0.15, 0.2) is 59.5 Å². The van der Waals surface area contributed by atoms with Crippen LogP contribution >= 0.6 is 0 Å². The van der Waals surface area contributed by atoms with Crippen molar-refractivity contribution in [3.05, 3.63) is 71.3 Å². The summed E-state index contributed by atoms with van der Waals surface area (Å²) in [5, 5.41) is 8.90. The van der Waals surface area contributed by atoms with Gasteiger partial charge < -0.3 is 5.11 Å². The van der Waals surface area contributed by atoms with E-state index in [9.17, 15) is 18.0 Å². The van der Waals surface area contributed by atoms with E-state index in [0.717, 1.165) is 25.7 Å². The maximum Gasteiger partial charge on any atom is 0.335 e. The molecule has 2 aromatic rings. The van der Waals surface area contributed by atoms with Crippen LogP contribution in [0, 0.1) is 0 Å². The van der Waals surface area contributed by atoms with Gasteiger partial charge in [-0.15, -0.1) is 0 Å². The molecule has 0 spiro atoms. The van der Waals surface area contributed by atoms with Crippen LogP contribution in [0.4, 0.5) is 0 Å². The molecule has 0 amide bonds. The summed E-state index contributed by atoms with van der Waals surface area (Å²) >= 11 is 0. The maximum atomic E-state index is 12.8. The zero-order valence-corrected chi connectivity index (χ0v) is 16.8. The van der Waals surface area contributed by atoms with Crippen LogP contribution in [0.5, 0.6) is 0 Å². The van der Waals surface area contributed by atoms with E-state index in [4.69, 9.17) is 5.11 Å². The SMILES string of the molecule is O=C(O)c1ccc(C=CC(=O)c2ccc(S(=O)(=O)N3CCCCCC3)cc2)cc1. The lowest BCUT2D eigenvalue weighted by atomic mass is 10.1. The zero-order chi connectivity index (χ0) is 20.9. The quantitative estimate of drug-likeness (QED) is 0.574. The number of sulfonamides is 1. The predicted molar refractivity (Wildman–Crippen MR) is 110 cm³/mol. The zero-order valence-electron chi connectivity index (χ0n) is 16.0. The monoisotopic (exact) mass is 413 g/mol. The molecule has 0 saturated carbocycles. The predicted octanol–water partition coefficient (Wildman–Crippen LogP) is 3.85. The number of hydrogen-bond donors (Lipinski definition) is 1. The fraction of sp³-hybridized carbons (Fsp3) is 0.273. The molecule has 7 heteroatoms. The molecule has 1 N–H and O–H groups in total. The molecule has 1 aliphatic heterocycles. The lowest BCUT2D eigenvalue weighted by Crippen LogP contribution is -2.31. The van der Waals surface area contributed by atoms with Crippen LogP contribution in [-0.2, 0) is 10.0 Å². The number of carbonyl (C=O) groups is 2. The summed E-state index contributed by atoms with van der Waals surface area (Å²) in [7, 11) is -3.54. The first-order valence-electron chi connectivity index (χ1n) is 9.54. The van der Waals surface area contributed by atoms with Gasteiger partial charge in [-0.25, -0.2) is 13.2 Å². The Morgan fingerprint density at radius 3 is 1.93 bits per heavy atom. The molecule has 1 saturated heterocycles. The molecule has 1 fully saturated rings. The summed E-state index contributed by atoms with van der Waals surface area (Å²) in [5.41, 5.74) is 1.26. The molecular formula is C22H23NO5S. The molecule has 0 unspecified atom stereocenters. The molecule has 6 nitrogen and oxygen atoms in total. The highest BCUT2D eigenvalue weighted by Gasteiger charge is 2.25. The van der Waals surface area contributed by atoms with E-state index in [1.807, 2.05) is 0 Å². The van der Waals surface area contributed by atoms with Crippen molar-refractivity contribution in [2.75, 3.05) is 13.1 Å². The molecule has 0 aliphatic carbocycles. The Balaban J connectivity index is 1.70. The van der Waals surface area contributed by atoms with Gasteiger partial charge in [-0.05, 0) is 60.9 Å². The topological polar surface area (TPSA) is 91.7 Å². The van der Waals surface area contributed by atoms with E-state index in [2.05, 4.69) is 0 Å². The Labute approximate surface area is 170 Å². The average molecular weight is 413 g/mol. The number of carboxylic acids is 1. The number of carboxylic acid groups (broad SMARTS) is 1. The number of aromatic carboxylic acids is 1. The van der Waals surface area contributed by atoms with Gasteiger partial charge in [-0.1, -0.05) is 31.1 Å². The van der Waals surface area contributed by atoms with Crippen molar-refractivity contribution in [2.24, 2.45) is 0 Å². The Hall–Kier alpha value is -2.77. The lowest BCUT2D eigenvalue weighted by molar-refractivity contribution is 0.0696. The van der Waals surface area contributed by atoms with Crippen LogP contribution in [0.2, 0.25) is 0 Å². The fourth-order valence-electron chi connectivity index (χ4n) is 3.23. The number of carbonyl (C=O) groups excluding carboxylic acids is 1. The highest BCUT2D eigenvalue weighted by Crippen LogP contribution is 2.21. The van der Waals surface area contributed by atoms with Crippen molar-refractivity contribution >= 4 is 27.9 Å². The maximum absolute atomic E-state index is 12.8. The van der Waals surface area contributed by atoms with Gasteiger partial charge in [0.25, 0.3) is 0 Å². The van der Waals surface area contributed by atoms with Gasteiger partial charge in [0.05, 0.1) is 10.5 Å². The Bertz CT molecular complexity index is 1000. The van der Waals surface area contributed by atoms with Gasteiger partial charge >= 0.3 is 5.97 Å². The molecule has 1 aliphatic rings. The standard InChI is InChI=1S/C22H23NO5S/c24-21(14-7-17-5-8-19(9-6-17)22(25)26)18-10-12-20(13-11-18)29(27,28)23-15-3-1-2-4-16-23/h5-14H,1-4,15-16H2,(H,25,26). The molecule has 29 heavy (non-hydrogen) atoms. The first kappa shape index (κ1) is 21.0. The minimum Gasteiger partial charge on any atom is -0.478 e. The van der Waals surface area contributed by atoms with Crippen molar-refractivity contribution < 1.29 is 23.1 Å². The van der Waals surface area contributed by atoms with E-state index in [-0.39, 0.29) is 16.2 Å². The van der Waals surface area contributed by atoms with Gasteiger partial charge in [-0.2, -0.15) is 4.31 Å². The number of nitrogens with zero attached hydrogens (tertiary/aromatic N) is 1. The van der Waals surface area contributed by atoms with Crippen molar-refractivity contribution in [1.82, 2.24) is 4.31 Å². The minimum absolute atomic E-state index is 0.176. The van der Waals surface area contributed by atoms with Crippen molar-refractivity contribution in [1.29, 1.82) is 0 Å². The molecule has 0 radical (unpaired) electrons. The van der Waals surface area contributed by atoms with Gasteiger partial charge in [0.2, 0.25) is 10.0 Å². The molecule has 0 atom stereocenters. The number of allylic oxidation sites excluding steroid dienone is 1. The second-order valence-electron chi connectivity index (χ2n) is 6.97.